The first-order valence-electron chi connectivity index (χ1n) is 9.95. The van der Waals surface area contributed by atoms with E-state index in [2.05, 4.69) is 31.2 Å². The first-order valence-corrected chi connectivity index (χ1v) is 9.95. The van der Waals surface area contributed by atoms with Crippen LogP contribution in [0.15, 0.2) is 10.9 Å². The molecule has 27 heavy (non-hydrogen) atoms. The van der Waals surface area contributed by atoms with Gasteiger partial charge in [0.2, 0.25) is 0 Å². The molecule has 3 aliphatic rings. The zero-order valence-electron chi connectivity index (χ0n) is 16.9. The Morgan fingerprint density at radius 2 is 2.07 bits per heavy atom. The average molecular weight is 377 g/mol. The summed E-state index contributed by atoms with van der Waals surface area (Å²) in [6.07, 6.45) is 2.38. The van der Waals surface area contributed by atoms with Gasteiger partial charge in [0.25, 0.3) is 11.4 Å². The molecular weight excluding hydrogens is 346 g/mol. The number of carbonyl (C=O) groups excluding carboxylic acids is 1. The van der Waals surface area contributed by atoms with Crippen LogP contribution in [0.5, 0.6) is 5.88 Å². The Bertz CT molecular complexity index is 758. The number of nitrogens with zero attached hydrogens (tertiary/aromatic N) is 2. The minimum absolute atomic E-state index is 0.217. The maximum atomic E-state index is 12.4. The molecule has 2 bridgehead atoms. The van der Waals surface area contributed by atoms with Crippen LogP contribution in [0.4, 0.5) is 5.69 Å². The number of nitrogens with one attached hydrogen (secondary N) is 1. The summed E-state index contributed by atoms with van der Waals surface area (Å²) in [5, 5.41) is 7.76. The Balaban J connectivity index is 1.80. The van der Waals surface area contributed by atoms with Crippen molar-refractivity contribution in [3.8, 4) is 5.88 Å². The summed E-state index contributed by atoms with van der Waals surface area (Å²) in [4.78, 5) is 24.1. The van der Waals surface area contributed by atoms with Crippen LogP contribution in [0.1, 0.15) is 47.5 Å². The van der Waals surface area contributed by atoms with Crippen LogP contribution in [-0.2, 0) is 16.1 Å². The SMILES string of the molecule is CCOC(=O)Cn1nc(OCC)c(N[C@@H]2C[C@H]3C[C@@H]([C@H]2C)C3(C)C)cc1=O. The third-order valence-electron chi connectivity index (χ3n) is 6.52. The molecule has 150 valence electrons. The van der Waals surface area contributed by atoms with E-state index in [1.54, 1.807) is 6.92 Å². The zero-order chi connectivity index (χ0) is 19.8. The molecule has 1 N–H and O–H groups in total. The van der Waals surface area contributed by atoms with Crippen molar-refractivity contribution in [3.63, 3.8) is 0 Å². The molecular formula is C20H31N3O4. The van der Waals surface area contributed by atoms with Crippen molar-refractivity contribution in [1.82, 2.24) is 9.78 Å². The van der Waals surface area contributed by atoms with Gasteiger partial charge in [-0.25, -0.2) is 4.68 Å². The molecule has 4 atom stereocenters. The minimum atomic E-state index is -0.488. The van der Waals surface area contributed by atoms with Crippen LogP contribution in [0, 0.1) is 23.2 Å². The number of hydrogen-bond donors (Lipinski definition) is 1. The van der Waals surface area contributed by atoms with Crippen molar-refractivity contribution in [2.24, 2.45) is 23.2 Å². The summed E-state index contributed by atoms with van der Waals surface area (Å²) in [6.45, 7) is 11.1. The van der Waals surface area contributed by atoms with Gasteiger partial charge in [-0.15, -0.1) is 5.10 Å². The van der Waals surface area contributed by atoms with E-state index < -0.39 is 5.97 Å². The quantitative estimate of drug-likeness (QED) is 0.736. The van der Waals surface area contributed by atoms with E-state index >= 15 is 0 Å². The monoisotopic (exact) mass is 377 g/mol. The molecule has 0 aliphatic heterocycles. The lowest BCUT2D eigenvalue weighted by Gasteiger charge is -2.62. The van der Waals surface area contributed by atoms with Crippen LogP contribution < -0.4 is 15.6 Å². The van der Waals surface area contributed by atoms with Gasteiger partial charge < -0.3 is 14.8 Å². The molecule has 0 radical (unpaired) electrons. The molecule has 7 heteroatoms. The van der Waals surface area contributed by atoms with Crippen molar-refractivity contribution in [1.29, 1.82) is 0 Å². The van der Waals surface area contributed by atoms with Gasteiger partial charge in [0.15, 0.2) is 0 Å². The van der Waals surface area contributed by atoms with Gasteiger partial charge in [-0.05, 0) is 49.9 Å². The van der Waals surface area contributed by atoms with Crippen LogP contribution in [0.3, 0.4) is 0 Å². The number of fused-ring (bicyclic) bond motifs is 2. The molecule has 4 rings (SSSR count). The summed E-state index contributed by atoms with van der Waals surface area (Å²) < 4.78 is 11.6. The van der Waals surface area contributed by atoms with E-state index in [1.807, 2.05) is 6.92 Å². The highest BCUT2D eigenvalue weighted by molar-refractivity contribution is 5.69. The van der Waals surface area contributed by atoms with Gasteiger partial charge in [-0.2, -0.15) is 0 Å². The predicted octanol–water partition coefficient (Wildman–Crippen LogP) is 2.69. The van der Waals surface area contributed by atoms with E-state index in [0.717, 1.165) is 11.1 Å². The number of hydrogen-bond acceptors (Lipinski definition) is 6. The van der Waals surface area contributed by atoms with Crippen molar-refractivity contribution < 1.29 is 14.3 Å². The molecule has 1 aromatic rings. The number of anilines is 1. The summed E-state index contributed by atoms with van der Waals surface area (Å²) >= 11 is 0. The Morgan fingerprint density at radius 3 is 2.67 bits per heavy atom. The van der Waals surface area contributed by atoms with Crippen LogP contribution >= 0.6 is 0 Å². The van der Waals surface area contributed by atoms with E-state index in [9.17, 15) is 9.59 Å². The molecule has 1 heterocycles. The molecule has 3 aliphatic carbocycles. The molecule has 3 fully saturated rings. The molecule has 3 saturated carbocycles. The number of rotatable bonds is 7. The van der Waals surface area contributed by atoms with Gasteiger partial charge in [0, 0.05) is 12.1 Å². The predicted molar refractivity (Wildman–Crippen MR) is 103 cm³/mol. The normalized spacial score (nSPS) is 28.2. The summed E-state index contributed by atoms with van der Waals surface area (Å²) in [5.74, 6) is 1.79. The van der Waals surface area contributed by atoms with Crippen LogP contribution in [0.25, 0.3) is 0 Å². The topological polar surface area (TPSA) is 82.5 Å². The van der Waals surface area contributed by atoms with Crippen LogP contribution in [-0.4, -0.2) is 35.0 Å². The first-order chi connectivity index (χ1) is 12.8. The smallest absolute Gasteiger partial charge is 0.327 e. The molecule has 7 nitrogen and oxygen atoms in total. The number of ether oxygens (including phenoxy) is 2. The fraction of sp³-hybridized carbons (Fsp3) is 0.750. The van der Waals surface area contributed by atoms with E-state index in [4.69, 9.17) is 9.47 Å². The highest BCUT2D eigenvalue weighted by Gasteiger charge is 2.56. The number of aromatic nitrogens is 2. The maximum absolute atomic E-state index is 12.4. The van der Waals surface area contributed by atoms with Crippen molar-refractivity contribution in [2.45, 2.75) is 60.0 Å². The maximum Gasteiger partial charge on any atom is 0.327 e. The molecule has 0 spiro atoms. The van der Waals surface area contributed by atoms with E-state index in [0.29, 0.717) is 47.4 Å². The minimum Gasteiger partial charge on any atom is -0.475 e. The number of carbonyl (C=O) groups is 1. The Morgan fingerprint density at radius 1 is 1.33 bits per heavy atom. The average Bonchev–Trinajstić information content (AvgIpc) is 2.60. The van der Waals surface area contributed by atoms with E-state index in [1.165, 1.54) is 12.5 Å². The fourth-order valence-corrected chi connectivity index (χ4v) is 4.80. The van der Waals surface area contributed by atoms with Gasteiger partial charge in [-0.1, -0.05) is 20.8 Å². The lowest BCUT2D eigenvalue weighted by Crippen LogP contribution is -2.58. The molecule has 0 saturated heterocycles. The van der Waals surface area contributed by atoms with Crippen molar-refractivity contribution in [2.75, 3.05) is 18.5 Å². The highest BCUT2D eigenvalue weighted by Crippen LogP contribution is 2.61. The zero-order valence-corrected chi connectivity index (χ0v) is 16.9. The summed E-state index contributed by atoms with van der Waals surface area (Å²) in [6, 6.07) is 1.78. The lowest BCUT2D eigenvalue weighted by molar-refractivity contribution is -0.144. The van der Waals surface area contributed by atoms with Gasteiger partial charge >= 0.3 is 5.97 Å². The summed E-state index contributed by atoms with van der Waals surface area (Å²) in [7, 11) is 0. The van der Waals surface area contributed by atoms with Gasteiger partial charge in [0.1, 0.15) is 12.2 Å². The molecule has 0 unspecified atom stereocenters. The second-order valence-corrected chi connectivity index (χ2v) is 8.30. The van der Waals surface area contributed by atoms with Gasteiger partial charge in [0.05, 0.1) is 13.2 Å². The number of esters is 1. The molecule has 0 amide bonds. The van der Waals surface area contributed by atoms with E-state index in [-0.39, 0.29) is 18.7 Å². The lowest BCUT2D eigenvalue weighted by atomic mass is 9.45. The molecule has 0 aromatic carbocycles. The fourth-order valence-electron chi connectivity index (χ4n) is 4.80. The first kappa shape index (κ1) is 19.7. The standard InChI is InChI=1S/C20H31N3O4/c1-6-26-18(25)11-23-17(24)10-16(19(22-23)27-7-2)21-15-9-13-8-14(12(15)3)20(13,4)5/h10,12-15,21H,6-9,11H2,1-5H3/t12-,13-,14+,15-/m1/s1. The third-order valence-corrected chi connectivity index (χ3v) is 6.52. The molecule has 1 aromatic heterocycles. The second-order valence-electron chi connectivity index (χ2n) is 8.30. The Labute approximate surface area is 160 Å². The van der Waals surface area contributed by atoms with Crippen LogP contribution in [0.2, 0.25) is 0 Å². The summed E-state index contributed by atoms with van der Waals surface area (Å²) in [5.41, 5.74) is 0.669. The largest absolute Gasteiger partial charge is 0.475 e. The van der Waals surface area contributed by atoms with Crippen molar-refractivity contribution >= 4 is 11.7 Å². The van der Waals surface area contributed by atoms with Gasteiger partial charge in [-0.3, -0.25) is 9.59 Å². The Hall–Kier alpha value is -2.05. The Kier molecular flexibility index (Phi) is 5.49. The highest BCUT2D eigenvalue weighted by atomic mass is 16.5. The van der Waals surface area contributed by atoms with Crippen molar-refractivity contribution in [3.05, 3.63) is 16.4 Å². The second kappa shape index (κ2) is 7.52. The third kappa shape index (κ3) is 3.69.